The predicted octanol–water partition coefficient (Wildman–Crippen LogP) is 0.0937. The highest BCUT2D eigenvalue weighted by molar-refractivity contribution is 5.55. The molecule has 0 aromatic carbocycles. The number of nitrogens with one attached hydrogen (secondary N) is 1. The zero-order chi connectivity index (χ0) is 15.6. The number of hydrogen-bond acceptors (Lipinski definition) is 6. The van der Waals surface area contributed by atoms with Crippen molar-refractivity contribution in [1.82, 2.24) is 14.7 Å². The number of anilines is 1. The van der Waals surface area contributed by atoms with E-state index in [0.29, 0.717) is 36.8 Å². The third-order valence-electron chi connectivity index (χ3n) is 4.35. The normalized spacial score (nSPS) is 26.6. The molecular formula is C14H23N5O2. The summed E-state index contributed by atoms with van der Waals surface area (Å²) in [6.45, 7) is 5.46. The van der Waals surface area contributed by atoms with Crippen LogP contribution in [0.5, 0.6) is 0 Å². The monoisotopic (exact) mass is 293 g/mol. The lowest BCUT2D eigenvalue weighted by atomic mass is 9.96. The van der Waals surface area contributed by atoms with E-state index >= 15 is 0 Å². The molecule has 1 aromatic rings. The van der Waals surface area contributed by atoms with Crippen molar-refractivity contribution in [2.75, 3.05) is 38.7 Å². The highest BCUT2D eigenvalue weighted by Gasteiger charge is 2.40. The molecule has 0 aliphatic carbocycles. The number of aryl methyl sites for hydroxylation is 2. The Kier molecular flexibility index (Phi) is 4.52. The smallest absolute Gasteiger partial charge is 0.142 e. The molecule has 1 saturated heterocycles. The van der Waals surface area contributed by atoms with Gasteiger partial charge in [0.1, 0.15) is 17.5 Å². The number of ether oxygens (including phenoxy) is 1. The van der Waals surface area contributed by atoms with E-state index in [9.17, 15) is 10.4 Å². The van der Waals surface area contributed by atoms with Crippen molar-refractivity contribution in [3.8, 4) is 6.07 Å². The molecule has 0 unspecified atom stereocenters. The molecule has 2 rings (SSSR count). The van der Waals surface area contributed by atoms with E-state index < -0.39 is 5.54 Å². The maximum atomic E-state index is 9.86. The molecule has 1 aliphatic heterocycles. The van der Waals surface area contributed by atoms with Gasteiger partial charge in [-0.2, -0.15) is 10.4 Å². The minimum atomic E-state index is -0.497. The standard InChI is InChI=1S/C14H23N5O2/c1-10-6-21-9-14(8-20,18(10)3)7-16-13-12(5-15)11(2)17-19(13)4/h10,16,20H,6-9H2,1-4H3/t10-,14+/m1/s1. The fourth-order valence-electron chi connectivity index (χ4n) is 2.73. The Hall–Kier alpha value is -1.62. The molecule has 0 bridgehead atoms. The van der Waals surface area contributed by atoms with E-state index in [0.717, 1.165) is 0 Å². The molecule has 2 N–H and O–H groups in total. The van der Waals surface area contributed by atoms with Crippen molar-refractivity contribution in [3.05, 3.63) is 11.3 Å². The minimum absolute atomic E-state index is 0.0143. The molecule has 0 radical (unpaired) electrons. The number of nitriles is 1. The predicted molar refractivity (Wildman–Crippen MR) is 79.0 cm³/mol. The van der Waals surface area contributed by atoms with Crippen LogP contribution in [0.4, 0.5) is 5.82 Å². The van der Waals surface area contributed by atoms with Gasteiger partial charge in [0.25, 0.3) is 0 Å². The molecule has 2 atom stereocenters. The number of nitrogens with zero attached hydrogens (tertiary/aromatic N) is 4. The number of aliphatic hydroxyl groups excluding tert-OH is 1. The Morgan fingerprint density at radius 3 is 2.90 bits per heavy atom. The topological polar surface area (TPSA) is 86.3 Å². The molecule has 116 valence electrons. The molecule has 0 spiro atoms. The third kappa shape index (κ3) is 2.75. The maximum Gasteiger partial charge on any atom is 0.142 e. The van der Waals surface area contributed by atoms with Gasteiger partial charge in [-0.15, -0.1) is 0 Å². The second-order valence-electron chi connectivity index (χ2n) is 5.76. The number of rotatable bonds is 4. The van der Waals surface area contributed by atoms with E-state index in [1.165, 1.54) is 0 Å². The average molecular weight is 293 g/mol. The Bertz CT molecular complexity index is 550. The van der Waals surface area contributed by atoms with E-state index in [1.807, 2.05) is 14.0 Å². The first-order chi connectivity index (χ1) is 9.95. The summed E-state index contributed by atoms with van der Waals surface area (Å²) in [5.74, 6) is 0.675. The summed E-state index contributed by atoms with van der Waals surface area (Å²) in [5, 5.41) is 26.6. The van der Waals surface area contributed by atoms with Crippen molar-refractivity contribution in [2.45, 2.75) is 25.4 Å². The number of morpholine rings is 1. The SMILES string of the molecule is Cc1nn(C)c(NC[C@]2(CO)COC[C@@H](C)N2C)c1C#N. The number of aliphatic hydroxyl groups is 1. The molecule has 2 heterocycles. The lowest BCUT2D eigenvalue weighted by molar-refractivity contribution is -0.101. The Balaban J connectivity index is 2.20. The fourth-order valence-corrected chi connectivity index (χ4v) is 2.73. The third-order valence-corrected chi connectivity index (χ3v) is 4.35. The van der Waals surface area contributed by atoms with Gasteiger partial charge in [0.05, 0.1) is 31.1 Å². The molecule has 7 heteroatoms. The van der Waals surface area contributed by atoms with Crippen molar-refractivity contribution in [1.29, 1.82) is 5.26 Å². The van der Waals surface area contributed by atoms with Crippen LogP contribution < -0.4 is 5.32 Å². The Labute approximate surface area is 125 Å². The second-order valence-corrected chi connectivity index (χ2v) is 5.76. The van der Waals surface area contributed by atoms with Crippen LogP contribution in [0.15, 0.2) is 0 Å². The zero-order valence-corrected chi connectivity index (χ0v) is 13.1. The highest BCUT2D eigenvalue weighted by atomic mass is 16.5. The largest absolute Gasteiger partial charge is 0.394 e. The van der Waals surface area contributed by atoms with Crippen molar-refractivity contribution < 1.29 is 9.84 Å². The number of aromatic nitrogens is 2. The molecule has 1 aliphatic rings. The summed E-state index contributed by atoms with van der Waals surface area (Å²) in [7, 11) is 3.79. The van der Waals surface area contributed by atoms with Gasteiger partial charge >= 0.3 is 0 Å². The van der Waals surface area contributed by atoms with Crippen LogP contribution >= 0.6 is 0 Å². The minimum Gasteiger partial charge on any atom is -0.394 e. The van der Waals surface area contributed by atoms with Gasteiger partial charge in [-0.1, -0.05) is 0 Å². The van der Waals surface area contributed by atoms with Crippen LogP contribution in [-0.2, 0) is 11.8 Å². The van der Waals surface area contributed by atoms with Crippen molar-refractivity contribution in [2.24, 2.45) is 7.05 Å². The quantitative estimate of drug-likeness (QED) is 0.818. The van der Waals surface area contributed by atoms with Crippen LogP contribution in [0.2, 0.25) is 0 Å². The summed E-state index contributed by atoms with van der Waals surface area (Å²) in [4.78, 5) is 2.14. The van der Waals surface area contributed by atoms with Gasteiger partial charge in [0.2, 0.25) is 0 Å². The van der Waals surface area contributed by atoms with Gasteiger partial charge in [0, 0.05) is 19.6 Å². The molecular weight excluding hydrogens is 270 g/mol. The summed E-state index contributed by atoms with van der Waals surface area (Å²) < 4.78 is 7.27. The summed E-state index contributed by atoms with van der Waals surface area (Å²) in [5.41, 5.74) is 0.739. The molecule has 1 aromatic heterocycles. The first-order valence-corrected chi connectivity index (χ1v) is 7.04. The van der Waals surface area contributed by atoms with Crippen LogP contribution in [-0.4, -0.2) is 64.8 Å². The number of likely N-dealkylation sites (N-methyl/N-ethyl adjacent to an activating group) is 1. The summed E-state index contributed by atoms with van der Waals surface area (Å²) in [6.07, 6.45) is 0. The summed E-state index contributed by atoms with van der Waals surface area (Å²) >= 11 is 0. The van der Waals surface area contributed by atoms with E-state index in [2.05, 4.69) is 28.3 Å². The van der Waals surface area contributed by atoms with Gasteiger partial charge in [-0.3, -0.25) is 9.58 Å². The van der Waals surface area contributed by atoms with Crippen molar-refractivity contribution in [3.63, 3.8) is 0 Å². The van der Waals surface area contributed by atoms with Gasteiger partial charge < -0.3 is 15.2 Å². The van der Waals surface area contributed by atoms with Gasteiger partial charge in [0.15, 0.2) is 0 Å². The highest BCUT2D eigenvalue weighted by Crippen LogP contribution is 2.24. The molecule has 1 fully saturated rings. The Morgan fingerprint density at radius 2 is 2.29 bits per heavy atom. The summed E-state index contributed by atoms with van der Waals surface area (Å²) in [6, 6.07) is 2.40. The lowest BCUT2D eigenvalue weighted by Gasteiger charge is -2.47. The zero-order valence-electron chi connectivity index (χ0n) is 13.1. The van der Waals surface area contributed by atoms with Crippen LogP contribution in [0, 0.1) is 18.3 Å². The van der Waals surface area contributed by atoms with Crippen LogP contribution in [0.25, 0.3) is 0 Å². The van der Waals surface area contributed by atoms with E-state index in [1.54, 1.807) is 11.7 Å². The van der Waals surface area contributed by atoms with Crippen LogP contribution in [0.3, 0.4) is 0 Å². The molecule has 0 amide bonds. The van der Waals surface area contributed by atoms with Crippen LogP contribution in [0.1, 0.15) is 18.2 Å². The van der Waals surface area contributed by atoms with Gasteiger partial charge in [-0.25, -0.2) is 0 Å². The second kappa shape index (κ2) is 6.02. The molecule has 0 saturated carbocycles. The van der Waals surface area contributed by atoms with E-state index in [4.69, 9.17) is 4.74 Å². The van der Waals surface area contributed by atoms with Gasteiger partial charge in [-0.05, 0) is 20.9 Å². The number of hydrogen-bond donors (Lipinski definition) is 2. The average Bonchev–Trinajstić information content (AvgIpc) is 2.74. The van der Waals surface area contributed by atoms with E-state index in [-0.39, 0.29) is 12.6 Å². The maximum absolute atomic E-state index is 9.86. The molecule has 7 nitrogen and oxygen atoms in total. The van der Waals surface area contributed by atoms with Crippen molar-refractivity contribution >= 4 is 5.82 Å². The fraction of sp³-hybridized carbons (Fsp3) is 0.714. The first kappa shape index (κ1) is 15.8. The molecule has 21 heavy (non-hydrogen) atoms. The first-order valence-electron chi connectivity index (χ1n) is 7.04. The lowest BCUT2D eigenvalue weighted by Crippen LogP contribution is -2.64. The Morgan fingerprint density at radius 1 is 1.57 bits per heavy atom.